The number of aryl methyl sites for hydroxylation is 2. The summed E-state index contributed by atoms with van der Waals surface area (Å²) < 4.78 is 47.3. The summed E-state index contributed by atoms with van der Waals surface area (Å²) in [4.78, 5) is 13.0. The molecule has 160 valence electrons. The minimum absolute atomic E-state index is 0.122. The molecule has 8 heteroatoms. The quantitative estimate of drug-likeness (QED) is 0.665. The highest BCUT2D eigenvalue weighted by Crippen LogP contribution is 2.38. The zero-order chi connectivity index (χ0) is 22.2. The third kappa shape index (κ3) is 4.25. The fourth-order valence-electron chi connectivity index (χ4n) is 3.35. The van der Waals surface area contributed by atoms with E-state index >= 15 is 0 Å². The lowest BCUT2D eigenvalue weighted by Crippen LogP contribution is -2.48. The van der Waals surface area contributed by atoms with Crippen molar-refractivity contribution in [2.24, 2.45) is 0 Å². The first-order valence-corrected chi connectivity index (χ1v) is 11.1. The zero-order valence-electron chi connectivity index (χ0n) is 17.0. The van der Waals surface area contributed by atoms with Crippen molar-refractivity contribution in [2.75, 3.05) is 16.2 Å². The summed E-state index contributed by atoms with van der Waals surface area (Å²) >= 11 is 0. The van der Waals surface area contributed by atoms with Crippen LogP contribution >= 0.6 is 0 Å². The van der Waals surface area contributed by atoms with Gasteiger partial charge in [-0.1, -0.05) is 29.8 Å². The molecule has 1 aliphatic rings. The van der Waals surface area contributed by atoms with Gasteiger partial charge in [0.25, 0.3) is 15.9 Å². The predicted molar refractivity (Wildman–Crippen MR) is 116 cm³/mol. The van der Waals surface area contributed by atoms with Gasteiger partial charge in [0.1, 0.15) is 11.6 Å². The maximum atomic E-state index is 13.5. The fraction of sp³-hybridized carbons (Fsp3) is 0.174. The first kappa shape index (κ1) is 20.9. The summed E-state index contributed by atoms with van der Waals surface area (Å²) in [6, 6.07) is 17.1. The molecule has 1 atom stereocenters. The minimum Gasteiger partial charge on any atom is -0.476 e. The fourth-order valence-corrected chi connectivity index (χ4v) is 4.82. The third-order valence-electron chi connectivity index (χ3n) is 4.98. The Bertz CT molecular complexity index is 1240. The van der Waals surface area contributed by atoms with Gasteiger partial charge in [-0.15, -0.1) is 0 Å². The van der Waals surface area contributed by atoms with Gasteiger partial charge in [0, 0.05) is 5.69 Å². The van der Waals surface area contributed by atoms with Crippen molar-refractivity contribution in [2.45, 2.75) is 24.8 Å². The molecule has 4 rings (SSSR count). The second-order valence-corrected chi connectivity index (χ2v) is 9.29. The van der Waals surface area contributed by atoms with E-state index in [-0.39, 0.29) is 22.9 Å². The van der Waals surface area contributed by atoms with Crippen LogP contribution in [-0.2, 0) is 14.8 Å². The number of hydrogen-bond acceptors (Lipinski definition) is 4. The van der Waals surface area contributed by atoms with Crippen LogP contribution in [0.15, 0.2) is 71.6 Å². The molecule has 1 heterocycles. The molecule has 0 radical (unpaired) electrons. The summed E-state index contributed by atoms with van der Waals surface area (Å²) in [5, 5.41) is 2.59. The Morgan fingerprint density at radius 1 is 1.03 bits per heavy atom. The van der Waals surface area contributed by atoms with Gasteiger partial charge in [-0.25, -0.2) is 12.8 Å². The minimum atomic E-state index is -3.94. The van der Waals surface area contributed by atoms with E-state index < -0.39 is 27.9 Å². The van der Waals surface area contributed by atoms with Crippen LogP contribution in [0.3, 0.4) is 0 Å². The first-order valence-electron chi connectivity index (χ1n) is 9.67. The molecule has 6 nitrogen and oxygen atoms in total. The molecule has 0 bridgehead atoms. The summed E-state index contributed by atoms with van der Waals surface area (Å²) in [6.07, 6.45) is -1.11. The molecule has 3 aromatic rings. The van der Waals surface area contributed by atoms with E-state index in [0.29, 0.717) is 5.69 Å². The van der Waals surface area contributed by atoms with Crippen LogP contribution in [-0.4, -0.2) is 27.0 Å². The predicted octanol–water partition coefficient (Wildman–Crippen LogP) is 4.04. The molecule has 3 aromatic carbocycles. The molecule has 1 N–H and O–H groups in total. The number of sulfonamides is 1. The Balaban J connectivity index is 1.70. The average molecular weight is 440 g/mol. The van der Waals surface area contributed by atoms with Crippen molar-refractivity contribution in [1.29, 1.82) is 0 Å². The molecular weight excluding hydrogens is 419 g/mol. The van der Waals surface area contributed by atoms with Crippen molar-refractivity contribution < 1.29 is 22.3 Å². The second-order valence-electron chi connectivity index (χ2n) is 7.43. The van der Waals surface area contributed by atoms with E-state index in [1.807, 2.05) is 13.8 Å². The number of ether oxygens (including phenoxy) is 1. The number of rotatable bonds is 4. The maximum Gasteiger partial charge on any atom is 0.267 e. The van der Waals surface area contributed by atoms with Crippen LogP contribution < -0.4 is 14.4 Å². The van der Waals surface area contributed by atoms with Crippen LogP contribution in [0, 0.1) is 19.7 Å². The van der Waals surface area contributed by atoms with Crippen molar-refractivity contribution >= 4 is 27.3 Å². The molecular formula is C23H21FN2O4S. The van der Waals surface area contributed by atoms with Gasteiger partial charge in [-0.3, -0.25) is 9.10 Å². The molecule has 0 saturated heterocycles. The molecule has 31 heavy (non-hydrogen) atoms. The van der Waals surface area contributed by atoms with Gasteiger partial charge in [-0.05, 0) is 61.9 Å². The van der Waals surface area contributed by atoms with Crippen molar-refractivity contribution in [3.05, 3.63) is 83.7 Å². The van der Waals surface area contributed by atoms with Gasteiger partial charge < -0.3 is 10.1 Å². The van der Waals surface area contributed by atoms with E-state index in [4.69, 9.17) is 4.74 Å². The van der Waals surface area contributed by atoms with Gasteiger partial charge in [0.2, 0.25) is 0 Å². The lowest BCUT2D eigenvalue weighted by atomic mass is 10.1. The van der Waals surface area contributed by atoms with Crippen LogP contribution in [0.1, 0.15) is 11.1 Å². The van der Waals surface area contributed by atoms with Crippen LogP contribution in [0.2, 0.25) is 0 Å². The molecule has 1 amide bonds. The number of anilines is 2. The molecule has 0 saturated carbocycles. The third-order valence-corrected chi connectivity index (χ3v) is 6.77. The molecule has 1 aliphatic heterocycles. The highest BCUT2D eigenvalue weighted by Gasteiger charge is 2.37. The number of nitrogens with zero attached hydrogens (tertiary/aromatic N) is 1. The molecule has 1 unspecified atom stereocenters. The molecule has 0 fully saturated rings. The number of amides is 1. The Labute approximate surface area is 180 Å². The standard InChI is InChI=1S/C23H21FN2O4S/c1-15-6-9-19(10-7-15)31(28,29)26-14-22(30-21-11-8-16(2)12-20(21)26)23(27)25-18-5-3-4-17(24)13-18/h3-13,22H,14H2,1-2H3,(H,25,27). The second kappa shape index (κ2) is 8.03. The molecule has 0 aliphatic carbocycles. The highest BCUT2D eigenvalue weighted by molar-refractivity contribution is 7.92. The Kier molecular flexibility index (Phi) is 5.41. The number of benzene rings is 3. The van der Waals surface area contributed by atoms with Gasteiger partial charge in [-0.2, -0.15) is 0 Å². The first-order chi connectivity index (χ1) is 14.7. The lowest BCUT2D eigenvalue weighted by Gasteiger charge is -2.35. The normalized spacial score (nSPS) is 15.7. The lowest BCUT2D eigenvalue weighted by molar-refractivity contribution is -0.122. The van der Waals surface area contributed by atoms with Gasteiger partial charge >= 0.3 is 0 Å². The van der Waals surface area contributed by atoms with Crippen molar-refractivity contribution in [3.8, 4) is 5.75 Å². The largest absolute Gasteiger partial charge is 0.476 e. The number of carbonyl (C=O) groups is 1. The van der Waals surface area contributed by atoms with Gasteiger partial charge in [0.15, 0.2) is 6.10 Å². The Morgan fingerprint density at radius 3 is 2.45 bits per heavy atom. The van der Waals surface area contributed by atoms with E-state index in [0.717, 1.165) is 11.1 Å². The Morgan fingerprint density at radius 2 is 1.74 bits per heavy atom. The van der Waals surface area contributed by atoms with Crippen LogP contribution in [0.5, 0.6) is 5.75 Å². The smallest absolute Gasteiger partial charge is 0.267 e. The maximum absolute atomic E-state index is 13.5. The number of nitrogens with one attached hydrogen (secondary N) is 1. The summed E-state index contributed by atoms with van der Waals surface area (Å²) in [5.74, 6) is -0.778. The van der Waals surface area contributed by atoms with Crippen LogP contribution in [0.4, 0.5) is 15.8 Å². The number of carbonyl (C=O) groups excluding carboxylic acids is 1. The van der Waals surface area contributed by atoms with Crippen molar-refractivity contribution in [1.82, 2.24) is 0 Å². The summed E-state index contributed by atoms with van der Waals surface area (Å²) in [6.45, 7) is 3.50. The number of hydrogen-bond donors (Lipinski definition) is 1. The highest BCUT2D eigenvalue weighted by atomic mass is 32.2. The van der Waals surface area contributed by atoms with Crippen LogP contribution in [0.25, 0.3) is 0 Å². The van der Waals surface area contributed by atoms with E-state index in [9.17, 15) is 17.6 Å². The number of fused-ring (bicyclic) bond motifs is 1. The topological polar surface area (TPSA) is 75.7 Å². The van der Waals surface area contributed by atoms with Gasteiger partial charge in [0.05, 0.1) is 17.1 Å². The average Bonchev–Trinajstić information content (AvgIpc) is 2.73. The molecule has 0 spiro atoms. The van der Waals surface area contributed by atoms with E-state index in [2.05, 4.69) is 5.32 Å². The SMILES string of the molecule is Cc1ccc(S(=O)(=O)N2CC(C(=O)Nc3cccc(F)c3)Oc3ccc(C)cc32)cc1. The Hall–Kier alpha value is -3.39. The number of halogens is 1. The van der Waals surface area contributed by atoms with E-state index in [1.165, 1.54) is 34.6 Å². The summed E-state index contributed by atoms with van der Waals surface area (Å²) in [7, 11) is -3.94. The van der Waals surface area contributed by atoms with Crippen molar-refractivity contribution in [3.63, 3.8) is 0 Å². The zero-order valence-corrected chi connectivity index (χ0v) is 17.8. The van der Waals surface area contributed by atoms with E-state index in [1.54, 1.807) is 36.4 Å². The monoisotopic (exact) mass is 440 g/mol. The summed E-state index contributed by atoms with van der Waals surface area (Å²) in [5.41, 5.74) is 2.42. The molecule has 0 aromatic heterocycles.